The van der Waals surface area contributed by atoms with Crippen molar-refractivity contribution in [1.82, 2.24) is 20.7 Å². The van der Waals surface area contributed by atoms with Gasteiger partial charge in [-0.25, -0.2) is 4.39 Å². The van der Waals surface area contributed by atoms with Gasteiger partial charge in [0.2, 0.25) is 0 Å². The third kappa shape index (κ3) is 6.27. The first-order valence-corrected chi connectivity index (χ1v) is 10.0. The maximum absolute atomic E-state index is 12.9. The molecule has 2 N–H and O–H groups in total. The summed E-state index contributed by atoms with van der Waals surface area (Å²) in [5, 5.41) is 0. The van der Waals surface area contributed by atoms with Crippen molar-refractivity contribution in [3.63, 3.8) is 0 Å². The summed E-state index contributed by atoms with van der Waals surface area (Å²) in [7, 11) is 0. The van der Waals surface area contributed by atoms with Gasteiger partial charge < -0.3 is 4.74 Å². The summed E-state index contributed by atoms with van der Waals surface area (Å²) in [6, 6.07) is 14.5. The zero-order valence-corrected chi connectivity index (χ0v) is 17.0. The molecule has 0 unspecified atom stereocenters. The minimum Gasteiger partial charge on any atom is -0.492 e. The van der Waals surface area contributed by atoms with Crippen molar-refractivity contribution in [1.29, 1.82) is 0 Å². The zero-order chi connectivity index (χ0) is 21.3. The number of hydrazine groups is 1. The Bertz CT molecular complexity index is 824. The van der Waals surface area contributed by atoms with E-state index < -0.39 is 11.7 Å². The highest BCUT2D eigenvalue weighted by molar-refractivity contribution is 5.95. The summed E-state index contributed by atoms with van der Waals surface area (Å²) < 4.78 is 18.7. The molecule has 1 atom stereocenters. The van der Waals surface area contributed by atoms with Crippen LogP contribution in [0.5, 0.6) is 5.75 Å². The van der Waals surface area contributed by atoms with Gasteiger partial charge in [-0.15, -0.1) is 0 Å². The lowest BCUT2D eigenvalue weighted by Gasteiger charge is -2.37. The second kappa shape index (κ2) is 10.7. The molecule has 0 spiro atoms. The quantitative estimate of drug-likeness (QED) is 0.675. The van der Waals surface area contributed by atoms with Crippen LogP contribution in [0.25, 0.3) is 0 Å². The van der Waals surface area contributed by atoms with Crippen molar-refractivity contribution in [2.75, 3.05) is 39.3 Å². The second-order valence-electron chi connectivity index (χ2n) is 7.17. The number of rotatable bonds is 7. The first kappa shape index (κ1) is 21.7. The number of hydrogen-bond donors (Lipinski definition) is 2. The molecule has 1 aliphatic heterocycles. The van der Waals surface area contributed by atoms with E-state index in [4.69, 9.17) is 4.74 Å². The third-order valence-electron chi connectivity index (χ3n) is 5.16. The van der Waals surface area contributed by atoms with Gasteiger partial charge in [0.15, 0.2) is 0 Å². The van der Waals surface area contributed by atoms with E-state index in [1.54, 1.807) is 0 Å². The largest absolute Gasteiger partial charge is 0.492 e. The van der Waals surface area contributed by atoms with Crippen molar-refractivity contribution < 1.29 is 18.7 Å². The number of benzene rings is 2. The van der Waals surface area contributed by atoms with Crippen molar-refractivity contribution in [2.24, 2.45) is 0 Å². The van der Waals surface area contributed by atoms with E-state index in [0.29, 0.717) is 6.61 Å². The number of halogens is 1. The Hall–Kier alpha value is -2.97. The smallest absolute Gasteiger partial charge is 0.269 e. The van der Waals surface area contributed by atoms with Gasteiger partial charge in [-0.1, -0.05) is 18.2 Å². The second-order valence-corrected chi connectivity index (χ2v) is 7.17. The van der Waals surface area contributed by atoms with Crippen LogP contribution >= 0.6 is 0 Å². The summed E-state index contributed by atoms with van der Waals surface area (Å²) in [4.78, 5) is 28.8. The van der Waals surface area contributed by atoms with Crippen LogP contribution < -0.4 is 15.6 Å². The molecule has 2 aromatic rings. The molecule has 1 saturated heterocycles. The molecule has 160 valence electrons. The molecule has 7 nitrogen and oxygen atoms in total. The van der Waals surface area contributed by atoms with Crippen LogP contribution in [0.1, 0.15) is 17.3 Å². The number of ether oxygens (including phenoxy) is 1. The van der Waals surface area contributed by atoms with E-state index in [0.717, 1.165) is 38.5 Å². The molecule has 2 aromatic carbocycles. The Labute approximate surface area is 175 Å². The van der Waals surface area contributed by atoms with Crippen molar-refractivity contribution in [2.45, 2.75) is 13.0 Å². The molecule has 0 aliphatic carbocycles. The van der Waals surface area contributed by atoms with Crippen molar-refractivity contribution in [3.8, 4) is 5.75 Å². The van der Waals surface area contributed by atoms with Gasteiger partial charge in [-0.05, 0) is 43.3 Å². The lowest BCUT2D eigenvalue weighted by atomic mass is 10.2. The molecule has 0 radical (unpaired) electrons. The van der Waals surface area contributed by atoms with Gasteiger partial charge in [-0.2, -0.15) is 0 Å². The number of carbonyl (C=O) groups is 2. The first-order chi connectivity index (χ1) is 14.5. The van der Waals surface area contributed by atoms with E-state index in [9.17, 15) is 14.0 Å². The standard InChI is InChI=1S/C22H27FN4O3/c1-17(21(28)24-25-22(29)18-7-9-19(23)10-8-18)27-13-11-26(12-14-27)15-16-30-20-5-3-2-4-6-20/h2-10,17H,11-16H2,1H3,(H,24,28)(H,25,29)/t17-/m1/s1. The topological polar surface area (TPSA) is 73.9 Å². The van der Waals surface area contributed by atoms with Gasteiger partial charge in [0.05, 0.1) is 6.04 Å². The van der Waals surface area contributed by atoms with E-state index in [1.165, 1.54) is 24.3 Å². The molecule has 0 aromatic heterocycles. The highest BCUT2D eigenvalue weighted by Gasteiger charge is 2.25. The Morgan fingerprint density at radius 1 is 1.00 bits per heavy atom. The number of piperazine rings is 1. The minimum atomic E-state index is -0.487. The average Bonchev–Trinajstić information content (AvgIpc) is 2.78. The Kier molecular flexibility index (Phi) is 7.75. The predicted molar refractivity (Wildman–Crippen MR) is 111 cm³/mol. The molecule has 1 heterocycles. The molecule has 30 heavy (non-hydrogen) atoms. The number of para-hydroxylation sites is 1. The van der Waals surface area contributed by atoms with Crippen LogP contribution in [0, 0.1) is 5.82 Å². The van der Waals surface area contributed by atoms with Gasteiger partial charge in [-0.3, -0.25) is 30.2 Å². The molecule has 0 saturated carbocycles. The van der Waals surface area contributed by atoms with Gasteiger partial charge in [0, 0.05) is 38.3 Å². The van der Waals surface area contributed by atoms with Crippen LogP contribution in [-0.4, -0.2) is 67.0 Å². The van der Waals surface area contributed by atoms with Crippen molar-refractivity contribution >= 4 is 11.8 Å². The van der Waals surface area contributed by atoms with Crippen LogP contribution in [0.3, 0.4) is 0 Å². The first-order valence-electron chi connectivity index (χ1n) is 10.0. The maximum Gasteiger partial charge on any atom is 0.269 e. The van der Waals surface area contributed by atoms with Gasteiger partial charge in [0.25, 0.3) is 11.8 Å². The summed E-state index contributed by atoms with van der Waals surface area (Å²) in [5.74, 6) is -0.329. The molecule has 8 heteroatoms. The fraction of sp³-hybridized carbons (Fsp3) is 0.364. The van der Waals surface area contributed by atoms with Crippen LogP contribution in [0.2, 0.25) is 0 Å². The predicted octanol–water partition coefficient (Wildman–Crippen LogP) is 1.67. The minimum absolute atomic E-state index is 0.274. The lowest BCUT2D eigenvalue weighted by Crippen LogP contribution is -2.56. The van der Waals surface area contributed by atoms with Gasteiger partial charge >= 0.3 is 0 Å². The van der Waals surface area contributed by atoms with E-state index in [-0.39, 0.29) is 17.5 Å². The Morgan fingerprint density at radius 2 is 1.67 bits per heavy atom. The molecule has 2 amide bonds. The lowest BCUT2D eigenvalue weighted by molar-refractivity contribution is -0.127. The Morgan fingerprint density at radius 3 is 2.33 bits per heavy atom. The number of hydrogen-bond acceptors (Lipinski definition) is 5. The fourth-order valence-electron chi connectivity index (χ4n) is 3.25. The monoisotopic (exact) mass is 414 g/mol. The number of nitrogens with one attached hydrogen (secondary N) is 2. The molecular formula is C22H27FN4O3. The number of nitrogens with zero attached hydrogens (tertiary/aromatic N) is 2. The molecule has 1 fully saturated rings. The summed E-state index contributed by atoms with van der Waals surface area (Å²) in [6.45, 7) is 6.47. The molecular weight excluding hydrogens is 387 g/mol. The normalized spacial score (nSPS) is 15.9. The highest BCUT2D eigenvalue weighted by Crippen LogP contribution is 2.10. The summed E-state index contributed by atoms with van der Waals surface area (Å²) in [6.07, 6.45) is 0. The van der Waals surface area contributed by atoms with Crippen molar-refractivity contribution in [3.05, 3.63) is 66.0 Å². The summed E-state index contributed by atoms with van der Waals surface area (Å²) >= 11 is 0. The third-order valence-corrected chi connectivity index (χ3v) is 5.16. The van der Waals surface area contributed by atoms with Crippen LogP contribution in [-0.2, 0) is 4.79 Å². The van der Waals surface area contributed by atoms with E-state index >= 15 is 0 Å². The fourth-order valence-corrected chi connectivity index (χ4v) is 3.25. The average molecular weight is 414 g/mol. The Balaban J connectivity index is 1.35. The van der Waals surface area contributed by atoms with E-state index in [2.05, 4.69) is 20.7 Å². The molecule has 1 aliphatic rings. The highest BCUT2D eigenvalue weighted by atomic mass is 19.1. The number of carbonyl (C=O) groups excluding carboxylic acids is 2. The number of amides is 2. The summed E-state index contributed by atoms with van der Waals surface area (Å²) in [5.41, 5.74) is 5.10. The molecule has 0 bridgehead atoms. The van der Waals surface area contributed by atoms with E-state index in [1.807, 2.05) is 37.3 Å². The SMILES string of the molecule is C[C@H](C(=O)NNC(=O)c1ccc(F)cc1)N1CCN(CCOc2ccccc2)CC1. The van der Waals surface area contributed by atoms with Gasteiger partial charge in [0.1, 0.15) is 18.2 Å². The molecule has 3 rings (SSSR count). The van der Waals surface area contributed by atoms with Crippen LogP contribution in [0.4, 0.5) is 4.39 Å². The maximum atomic E-state index is 12.9. The van der Waals surface area contributed by atoms with Crippen LogP contribution in [0.15, 0.2) is 54.6 Å². The zero-order valence-electron chi connectivity index (χ0n) is 17.0.